The highest BCUT2D eigenvalue weighted by Crippen LogP contribution is 2.30. The van der Waals surface area contributed by atoms with E-state index in [1.807, 2.05) is 18.2 Å². The lowest BCUT2D eigenvalue weighted by atomic mass is 10.3. The first-order valence-corrected chi connectivity index (χ1v) is 8.13. The van der Waals surface area contributed by atoms with Crippen LogP contribution in [-0.2, 0) is 4.79 Å². The van der Waals surface area contributed by atoms with Crippen LogP contribution in [0, 0.1) is 5.92 Å². The largest absolute Gasteiger partial charge is 0.354 e. The molecular formula is C16H16N8O2. The van der Waals surface area contributed by atoms with Crippen molar-refractivity contribution >= 4 is 34.9 Å². The van der Waals surface area contributed by atoms with Gasteiger partial charge >= 0.3 is 0 Å². The minimum absolute atomic E-state index is 0.0342. The van der Waals surface area contributed by atoms with Gasteiger partial charge in [-0.2, -0.15) is 4.98 Å². The molecule has 3 N–H and O–H groups in total. The molecule has 26 heavy (non-hydrogen) atoms. The molecule has 1 fully saturated rings. The summed E-state index contributed by atoms with van der Waals surface area (Å²) in [5, 5.41) is 20.3. The third kappa shape index (κ3) is 3.16. The molecule has 2 amide bonds. The van der Waals surface area contributed by atoms with Crippen molar-refractivity contribution in [1.29, 1.82) is 0 Å². The lowest BCUT2D eigenvalue weighted by Crippen LogP contribution is -2.22. The summed E-state index contributed by atoms with van der Waals surface area (Å²) in [6, 6.07) is 7.04. The van der Waals surface area contributed by atoms with Crippen LogP contribution in [0.25, 0.3) is 5.65 Å². The number of hydrogen-bond donors (Lipinski definition) is 3. The molecule has 10 heteroatoms. The van der Waals surface area contributed by atoms with Crippen LogP contribution in [-0.4, -0.2) is 43.7 Å². The van der Waals surface area contributed by atoms with E-state index < -0.39 is 5.91 Å². The van der Waals surface area contributed by atoms with Crippen molar-refractivity contribution in [2.24, 2.45) is 5.92 Å². The minimum atomic E-state index is -0.413. The molecule has 0 bridgehead atoms. The maximum atomic E-state index is 12.1. The molecule has 3 aromatic rings. The molecule has 3 aromatic heterocycles. The Labute approximate surface area is 148 Å². The summed E-state index contributed by atoms with van der Waals surface area (Å²) in [6.45, 7) is 0. The topological polar surface area (TPSA) is 126 Å². The van der Waals surface area contributed by atoms with Crippen LogP contribution in [0.2, 0.25) is 0 Å². The molecule has 1 saturated carbocycles. The monoisotopic (exact) mass is 352 g/mol. The van der Waals surface area contributed by atoms with E-state index in [4.69, 9.17) is 0 Å². The lowest BCUT2D eigenvalue weighted by molar-refractivity contribution is -0.117. The van der Waals surface area contributed by atoms with Crippen LogP contribution in [0.4, 0.5) is 17.5 Å². The fourth-order valence-corrected chi connectivity index (χ4v) is 2.41. The number of aromatic nitrogens is 5. The average molecular weight is 352 g/mol. The standard InChI is InChI=1S/C16H16N8O2/c1-17-15(26)13-10(8-11(21-22-13)19-14(25)9-5-6-9)18-16-20-12-4-2-3-7-24(12)23-16/h2-4,7-9H,5-6H2,1H3,(H,17,26)(H2,18,19,21,23,25). The van der Waals surface area contributed by atoms with Gasteiger partial charge in [-0.05, 0) is 25.0 Å². The van der Waals surface area contributed by atoms with Gasteiger partial charge in [-0.15, -0.1) is 15.3 Å². The number of pyridine rings is 1. The first-order chi connectivity index (χ1) is 12.6. The molecule has 0 atom stereocenters. The van der Waals surface area contributed by atoms with Crippen LogP contribution < -0.4 is 16.0 Å². The van der Waals surface area contributed by atoms with Crippen molar-refractivity contribution in [3.63, 3.8) is 0 Å². The third-order valence-corrected chi connectivity index (χ3v) is 3.92. The van der Waals surface area contributed by atoms with Crippen LogP contribution in [0.15, 0.2) is 30.5 Å². The van der Waals surface area contributed by atoms with Crippen molar-refractivity contribution < 1.29 is 9.59 Å². The van der Waals surface area contributed by atoms with Gasteiger partial charge in [0.25, 0.3) is 5.91 Å². The number of hydrogen-bond acceptors (Lipinski definition) is 7. The Morgan fingerprint density at radius 2 is 2.08 bits per heavy atom. The van der Waals surface area contributed by atoms with Crippen molar-refractivity contribution in [3.8, 4) is 0 Å². The summed E-state index contributed by atoms with van der Waals surface area (Å²) in [4.78, 5) is 28.3. The number of carbonyl (C=O) groups excluding carboxylic acids is 2. The second kappa shape index (κ2) is 6.39. The predicted molar refractivity (Wildman–Crippen MR) is 93.0 cm³/mol. The number of rotatable bonds is 5. The number of anilines is 3. The average Bonchev–Trinajstić information content (AvgIpc) is 3.42. The van der Waals surface area contributed by atoms with E-state index in [1.54, 1.807) is 16.8 Å². The van der Waals surface area contributed by atoms with Crippen LogP contribution in [0.5, 0.6) is 0 Å². The maximum Gasteiger partial charge on any atom is 0.273 e. The quantitative estimate of drug-likeness (QED) is 0.624. The Morgan fingerprint density at radius 1 is 1.23 bits per heavy atom. The zero-order valence-electron chi connectivity index (χ0n) is 13.9. The van der Waals surface area contributed by atoms with Gasteiger partial charge in [0.05, 0.1) is 5.69 Å². The van der Waals surface area contributed by atoms with Crippen LogP contribution in [0.1, 0.15) is 23.3 Å². The predicted octanol–water partition coefficient (Wildman–Crippen LogP) is 0.971. The maximum absolute atomic E-state index is 12.1. The van der Waals surface area contributed by atoms with Crippen molar-refractivity contribution in [1.82, 2.24) is 30.1 Å². The van der Waals surface area contributed by atoms with E-state index in [2.05, 4.69) is 36.2 Å². The molecule has 3 heterocycles. The molecule has 0 saturated heterocycles. The Balaban J connectivity index is 1.66. The third-order valence-electron chi connectivity index (χ3n) is 3.92. The first kappa shape index (κ1) is 15.9. The second-order valence-corrected chi connectivity index (χ2v) is 5.90. The molecule has 0 spiro atoms. The highest BCUT2D eigenvalue weighted by Gasteiger charge is 2.30. The lowest BCUT2D eigenvalue weighted by Gasteiger charge is -2.09. The first-order valence-electron chi connectivity index (χ1n) is 8.13. The molecular weight excluding hydrogens is 336 g/mol. The van der Waals surface area contributed by atoms with Gasteiger partial charge in [0.2, 0.25) is 11.9 Å². The van der Waals surface area contributed by atoms with Gasteiger partial charge in [0.1, 0.15) is 0 Å². The normalized spacial score (nSPS) is 13.4. The molecule has 1 aliphatic carbocycles. The highest BCUT2D eigenvalue weighted by molar-refractivity contribution is 5.99. The van der Waals surface area contributed by atoms with E-state index in [0.29, 0.717) is 17.3 Å². The summed E-state index contributed by atoms with van der Waals surface area (Å²) < 4.78 is 1.60. The molecule has 132 valence electrons. The van der Waals surface area contributed by atoms with E-state index >= 15 is 0 Å². The summed E-state index contributed by atoms with van der Waals surface area (Å²) >= 11 is 0. The smallest absolute Gasteiger partial charge is 0.273 e. The number of amides is 2. The summed E-state index contributed by atoms with van der Waals surface area (Å²) in [7, 11) is 1.50. The fourth-order valence-electron chi connectivity index (χ4n) is 2.41. The number of carbonyl (C=O) groups is 2. The number of nitrogens with zero attached hydrogens (tertiary/aromatic N) is 5. The van der Waals surface area contributed by atoms with Gasteiger partial charge in [-0.1, -0.05) is 6.07 Å². The molecule has 0 aliphatic heterocycles. The number of fused-ring (bicyclic) bond motifs is 1. The van der Waals surface area contributed by atoms with E-state index in [-0.39, 0.29) is 23.3 Å². The van der Waals surface area contributed by atoms with E-state index in [1.165, 1.54) is 7.05 Å². The molecule has 0 aromatic carbocycles. The van der Waals surface area contributed by atoms with Gasteiger partial charge in [0, 0.05) is 25.2 Å². The van der Waals surface area contributed by atoms with Crippen molar-refractivity contribution in [3.05, 3.63) is 36.2 Å². The van der Waals surface area contributed by atoms with Crippen molar-refractivity contribution in [2.45, 2.75) is 12.8 Å². The van der Waals surface area contributed by atoms with Gasteiger partial charge < -0.3 is 16.0 Å². The molecule has 0 radical (unpaired) electrons. The zero-order valence-corrected chi connectivity index (χ0v) is 13.9. The summed E-state index contributed by atoms with van der Waals surface area (Å²) in [6.07, 6.45) is 3.52. The molecule has 4 rings (SSSR count). The Kier molecular flexibility index (Phi) is 3.92. The Bertz CT molecular complexity index is 962. The van der Waals surface area contributed by atoms with E-state index in [9.17, 15) is 9.59 Å². The Morgan fingerprint density at radius 3 is 2.81 bits per heavy atom. The van der Waals surface area contributed by atoms with Gasteiger partial charge in [-0.3, -0.25) is 9.59 Å². The van der Waals surface area contributed by atoms with Gasteiger partial charge in [0.15, 0.2) is 17.2 Å². The molecule has 1 aliphatic rings. The summed E-state index contributed by atoms with van der Waals surface area (Å²) in [5.41, 5.74) is 1.08. The highest BCUT2D eigenvalue weighted by atomic mass is 16.2. The number of nitrogens with one attached hydrogen (secondary N) is 3. The summed E-state index contributed by atoms with van der Waals surface area (Å²) in [5.74, 6) is 0.0919. The van der Waals surface area contributed by atoms with Crippen LogP contribution in [0.3, 0.4) is 0 Å². The van der Waals surface area contributed by atoms with Crippen LogP contribution >= 0.6 is 0 Å². The van der Waals surface area contributed by atoms with E-state index in [0.717, 1.165) is 12.8 Å². The Hall–Kier alpha value is -3.56. The molecule has 10 nitrogen and oxygen atoms in total. The fraction of sp³-hybridized carbons (Fsp3) is 0.250. The minimum Gasteiger partial charge on any atom is -0.354 e. The zero-order chi connectivity index (χ0) is 18.1. The van der Waals surface area contributed by atoms with Gasteiger partial charge in [-0.25, -0.2) is 4.52 Å². The second-order valence-electron chi connectivity index (χ2n) is 5.90. The molecule has 0 unspecified atom stereocenters. The van der Waals surface area contributed by atoms with Crippen molar-refractivity contribution in [2.75, 3.05) is 17.7 Å². The SMILES string of the molecule is CNC(=O)c1nnc(NC(=O)C2CC2)cc1Nc1nc2ccccn2n1.